The van der Waals surface area contributed by atoms with E-state index in [1.165, 1.54) is 0 Å². The summed E-state index contributed by atoms with van der Waals surface area (Å²) < 4.78 is 6.19. The summed E-state index contributed by atoms with van der Waals surface area (Å²) in [5.41, 5.74) is 2.03. The van der Waals surface area contributed by atoms with Gasteiger partial charge in [-0.2, -0.15) is 0 Å². The third kappa shape index (κ3) is 4.41. The normalized spacial score (nSPS) is 22.8. The minimum absolute atomic E-state index is 0.102. The molecular weight excluding hydrogens is 437 g/mol. The van der Waals surface area contributed by atoms with Crippen molar-refractivity contribution in [3.63, 3.8) is 0 Å². The molecule has 0 bridgehead atoms. The first-order valence-corrected chi connectivity index (χ1v) is 10.3. The number of carbonyl (C=O) groups excluding carboxylic acids is 1. The first kappa shape index (κ1) is 19.7. The Morgan fingerprint density at radius 1 is 1.23 bits per heavy atom. The molecule has 1 aromatic carbocycles. The van der Waals surface area contributed by atoms with Gasteiger partial charge < -0.3 is 4.74 Å². The summed E-state index contributed by atoms with van der Waals surface area (Å²) in [6.45, 7) is 2.24. The van der Waals surface area contributed by atoms with E-state index in [0.717, 1.165) is 28.6 Å². The van der Waals surface area contributed by atoms with Crippen molar-refractivity contribution in [2.75, 3.05) is 6.61 Å². The molecule has 1 aliphatic rings. The van der Waals surface area contributed by atoms with Crippen LogP contribution >= 0.6 is 39.1 Å². The number of ether oxygens (including phenoxy) is 1. The van der Waals surface area contributed by atoms with Crippen LogP contribution in [0.15, 0.2) is 41.0 Å². The quantitative estimate of drug-likeness (QED) is 0.501. The molecule has 3 atom stereocenters. The van der Waals surface area contributed by atoms with Gasteiger partial charge in [0.2, 0.25) is 0 Å². The Labute approximate surface area is 172 Å². The largest absolute Gasteiger partial charge is 0.466 e. The fourth-order valence-corrected chi connectivity index (χ4v) is 4.54. The number of halogens is 3. The van der Waals surface area contributed by atoms with E-state index in [1.807, 2.05) is 31.2 Å². The molecule has 3 unspecified atom stereocenters. The molecular formula is C20H20BrCl2NO2. The zero-order chi connectivity index (χ0) is 18.7. The molecule has 0 spiro atoms. The van der Waals surface area contributed by atoms with Crippen LogP contribution < -0.4 is 0 Å². The fraction of sp³-hybridized carbons (Fsp3) is 0.400. The highest BCUT2D eigenvalue weighted by atomic mass is 79.9. The first-order valence-electron chi connectivity index (χ1n) is 8.72. The number of hydrogen-bond acceptors (Lipinski definition) is 3. The summed E-state index contributed by atoms with van der Waals surface area (Å²) in [7, 11) is 0. The lowest BCUT2D eigenvalue weighted by Crippen LogP contribution is -2.29. The molecule has 1 aromatic heterocycles. The van der Waals surface area contributed by atoms with E-state index < -0.39 is 0 Å². The van der Waals surface area contributed by atoms with Crippen molar-refractivity contribution in [2.45, 2.75) is 38.0 Å². The van der Waals surface area contributed by atoms with E-state index in [-0.39, 0.29) is 23.7 Å². The zero-order valence-electron chi connectivity index (χ0n) is 14.4. The second-order valence-corrected chi connectivity index (χ2v) is 8.30. The molecule has 3 rings (SSSR count). The Balaban J connectivity index is 1.94. The highest BCUT2D eigenvalue weighted by molar-refractivity contribution is 9.10. The number of nitrogens with zero attached hydrogens (tertiary/aromatic N) is 1. The second kappa shape index (κ2) is 8.73. The minimum atomic E-state index is -0.115. The molecule has 1 saturated carbocycles. The summed E-state index contributed by atoms with van der Waals surface area (Å²) in [6, 6.07) is 9.63. The van der Waals surface area contributed by atoms with Crippen LogP contribution in [-0.2, 0) is 9.53 Å². The predicted molar refractivity (Wildman–Crippen MR) is 108 cm³/mol. The van der Waals surface area contributed by atoms with Gasteiger partial charge >= 0.3 is 5.97 Å². The average Bonchev–Trinajstić information content (AvgIpc) is 2.62. The van der Waals surface area contributed by atoms with Crippen LogP contribution in [0.1, 0.15) is 49.3 Å². The SMILES string of the molecule is CCOC(=O)C1CCC(c2ccc(Cl)cc2Cl)C(c2ccc(Br)cn2)C1. The summed E-state index contributed by atoms with van der Waals surface area (Å²) in [5, 5.41) is 1.29. The molecule has 0 radical (unpaired) electrons. The summed E-state index contributed by atoms with van der Waals surface area (Å²) in [4.78, 5) is 16.9. The Morgan fingerprint density at radius 3 is 2.69 bits per heavy atom. The van der Waals surface area contributed by atoms with Gasteiger partial charge in [-0.3, -0.25) is 9.78 Å². The van der Waals surface area contributed by atoms with E-state index in [2.05, 4.69) is 20.9 Å². The number of aromatic nitrogens is 1. The standard InChI is InChI=1S/C20H20BrCl2NO2/c1-2-26-20(25)12-3-6-15(16-7-5-14(22)10-18(16)23)17(9-12)19-8-4-13(21)11-24-19/h4-5,7-8,10-12,15,17H,2-3,6,9H2,1H3. The molecule has 138 valence electrons. The number of benzene rings is 1. The van der Waals surface area contributed by atoms with Gasteiger partial charge in [0.05, 0.1) is 12.5 Å². The number of rotatable bonds is 4. The molecule has 3 nitrogen and oxygen atoms in total. The second-order valence-electron chi connectivity index (χ2n) is 6.54. The van der Waals surface area contributed by atoms with E-state index in [4.69, 9.17) is 27.9 Å². The van der Waals surface area contributed by atoms with Gasteiger partial charge in [0, 0.05) is 32.3 Å². The van der Waals surface area contributed by atoms with Crippen LogP contribution in [0, 0.1) is 5.92 Å². The van der Waals surface area contributed by atoms with Gasteiger partial charge in [0.1, 0.15) is 0 Å². The van der Waals surface area contributed by atoms with Gasteiger partial charge in [-0.15, -0.1) is 0 Å². The average molecular weight is 457 g/mol. The number of hydrogen-bond donors (Lipinski definition) is 0. The van der Waals surface area contributed by atoms with Gasteiger partial charge in [-0.1, -0.05) is 29.3 Å². The monoisotopic (exact) mass is 455 g/mol. The molecule has 1 aliphatic carbocycles. The molecule has 0 saturated heterocycles. The van der Waals surface area contributed by atoms with Crippen molar-refractivity contribution < 1.29 is 9.53 Å². The molecule has 6 heteroatoms. The van der Waals surface area contributed by atoms with Crippen molar-refractivity contribution in [2.24, 2.45) is 5.92 Å². The molecule has 26 heavy (non-hydrogen) atoms. The van der Waals surface area contributed by atoms with Crippen molar-refractivity contribution >= 4 is 45.1 Å². The third-order valence-electron chi connectivity index (χ3n) is 4.96. The van der Waals surface area contributed by atoms with Crippen LogP contribution in [0.2, 0.25) is 10.0 Å². The lowest BCUT2D eigenvalue weighted by Gasteiger charge is -2.35. The lowest BCUT2D eigenvalue weighted by molar-refractivity contribution is -0.149. The van der Waals surface area contributed by atoms with Crippen LogP contribution in [0.4, 0.5) is 0 Å². The third-order valence-corrected chi connectivity index (χ3v) is 5.99. The molecule has 0 amide bonds. The highest BCUT2D eigenvalue weighted by Gasteiger charge is 2.37. The minimum Gasteiger partial charge on any atom is -0.466 e. The van der Waals surface area contributed by atoms with Crippen molar-refractivity contribution in [3.05, 3.63) is 62.3 Å². The Hall–Kier alpha value is -1.10. The number of esters is 1. The van der Waals surface area contributed by atoms with E-state index in [0.29, 0.717) is 23.1 Å². The van der Waals surface area contributed by atoms with Crippen LogP contribution in [0.5, 0.6) is 0 Å². The molecule has 1 fully saturated rings. The van der Waals surface area contributed by atoms with Gasteiger partial charge in [0.15, 0.2) is 0 Å². The van der Waals surface area contributed by atoms with Crippen molar-refractivity contribution in [3.8, 4) is 0 Å². The number of pyridine rings is 1. The van der Waals surface area contributed by atoms with Crippen molar-refractivity contribution in [1.29, 1.82) is 0 Å². The van der Waals surface area contributed by atoms with Gasteiger partial charge in [-0.05, 0) is 77.9 Å². The van der Waals surface area contributed by atoms with E-state index in [1.54, 1.807) is 12.3 Å². The number of carbonyl (C=O) groups is 1. The maximum absolute atomic E-state index is 12.3. The fourth-order valence-electron chi connectivity index (χ4n) is 3.75. The van der Waals surface area contributed by atoms with Crippen molar-refractivity contribution in [1.82, 2.24) is 4.98 Å². The van der Waals surface area contributed by atoms with E-state index >= 15 is 0 Å². The summed E-state index contributed by atoms with van der Waals surface area (Å²) in [5.74, 6) is 0.0760. The summed E-state index contributed by atoms with van der Waals surface area (Å²) >= 11 is 16.0. The van der Waals surface area contributed by atoms with Crippen LogP contribution in [0.25, 0.3) is 0 Å². The molecule has 0 aliphatic heterocycles. The summed E-state index contributed by atoms with van der Waals surface area (Å²) in [6.07, 6.45) is 4.14. The Kier molecular flexibility index (Phi) is 6.60. The lowest BCUT2D eigenvalue weighted by atomic mass is 9.70. The topological polar surface area (TPSA) is 39.2 Å². The maximum atomic E-state index is 12.3. The molecule has 2 aromatic rings. The molecule has 1 heterocycles. The molecule has 0 N–H and O–H groups in total. The van der Waals surface area contributed by atoms with Gasteiger partial charge in [-0.25, -0.2) is 0 Å². The smallest absolute Gasteiger partial charge is 0.308 e. The highest BCUT2D eigenvalue weighted by Crippen LogP contribution is 2.48. The maximum Gasteiger partial charge on any atom is 0.308 e. The Bertz CT molecular complexity index is 782. The zero-order valence-corrected chi connectivity index (χ0v) is 17.5. The Morgan fingerprint density at radius 2 is 2.04 bits per heavy atom. The van der Waals surface area contributed by atoms with E-state index in [9.17, 15) is 4.79 Å². The van der Waals surface area contributed by atoms with Crippen LogP contribution in [-0.4, -0.2) is 17.6 Å². The first-order chi connectivity index (χ1) is 12.5. The van der Waals surface area contributed by atoms with Gasteiger partial charge in [0.25, 0.3) is 0 Å². The predicted octanol–water partition coefficient (Wildman–Crippen LogP) is 6.38. The van der Waals surface area contributed by atoms with Crippen LogP contribution in [0.3, 0.4) is 0 Å².